The number of rotatable bonds is 7. The summed E-state index contributed by atoms with van der Waals surface area (Å²) in [6, 6.07) is 0.610. The van der Waals surface area contributed by atoms with Crippen LogP contribution in [0.4, 0.5) is 0 Å². The van der Waals surface area contributed by atoms with Crippen LogP contribution < -0.4 is 5.32 Å². The maximum Gasteiger partial charge on any atom is 0.0441 e. The Bertz CT molecular complexity index is 101. The summed E-state index contributed by atoms with van der Waals surface area (Å²) >= 11 is 1.94. The molecule has 0 radical (unpaired) electrons. The SMILES string of the molecule is CNC(C)CCSC(C)CCO. The molecule has 0 fully saturated rings. The van der Waals surface area contributed by atoms with Gasteiger partial charge in [0.25, 0.3) is 0 Å². The zero-order chi connectivity index (χ0) is 9.40. The second-order valence-corrected chi connectivity index (χ2v) is 4.72. The first-order valence-electron chi connectivity index (χ1n) is 4.60. The summed E-state index contributed by atoms with van der Waals surface area (Å²) in [6.07, 6.45) is 2.12. The minimum atomic E-state index is 0.315. The normalized spacial score (nSPS) is 16.0. The average Bonchev–Trinajstić information content (AvgIpc) is 2.04. The van der Waals surface area contributed by atoms with Crippen LogP contribution in [-0.2, 0) is 0 Å². The van der Waals surface area contributed by atoms with Crippen LogP contribution in [0.25, 0.3) is 0 Å². The Hall–Kier alpha value is 0.270. The van der Waals surface area contributed by atoms with Gasteiger partial charge in [0.2, 0.25) is 0 Å². The third-order valence-corrected chi connectivity index (χ3v) is 3.26. The van der Waals surface area contributed by atoms with Gasteiger partial charge in [-0.25, -0.2) is 0 Å². The molecule has 0 aromatic heterocycles. The molecule has 0 aromatic rings. The van der Waals surface area contributed by atoms with Gasteiger partial charge in [-0.15, -0.1) is 0 Å². The molecular weight excluding hydrogens is 170 g/mol. The van der Waals surface area contributed by atoms with Crippen molar-refractivity contribution in [3.05, 3.63) is 0 Å². The van der Waals surface area contributed by atoms with Gasteiger partial charge in [0.05, 0.1) is 0 Å². The van der Waals surface area contributed by atoms with Crippen LogP contribution in [0.1, 0.15) is 26.7 Å². The molecular formula is C9H21NOS. The van der Waals surface area contributed by atoms with E-state index in [0.29, 0.717) is 17.9 Å². The molecule has 2 unspecified atom stereocenters. The molecule has 0 aliphatic heterocycles. The molecule has 3 heteroatoms. The molecule has 0 aliphatic carbocycles. The Morgan fingerprint density at radius 2 is 2.00 bits per heavy atom. The van der Waals surface area contributed by atoms with Crippen molar-refractivity contribution in [1.82, 2.24) is 5.32 Å². The standard InChI is InChI=1S/C9H21NOS/c1-8(10-3)5-7-12-9(2)4-6-11/h8-11H,4-7H2,1-3H3. The predicted molar refractivity (Wildman–Crippen MR) is 56.8 cm³/mol. The molecule has 0 saturated carbocycles. The van der Waals surface area contributed by atoms with E-state index in [2.05, 4.69) is 19.2 Å². The van der Waals surface area contributed by atoms with Crippen molar-refractivity contribution in [2.75, 3.05) is 19.4 Å². The van der Waals surface area contributed by atoms with Gasteiger partial charge in [-0.05, 0) is 32.6 Å². The van der Waals surface area contributed by atoms with Crippen LogP contribution >= 0.6 is 11.8 Å². The average molecular weight is 191 g/mol. The molecule has 2 N–H and O–H groups in total. The number of thioether (sulfide) groups is 1. The first-order valence-corrected chi connectivity index (χ1v) is 5.65. The summed E-state index contributed by atoms with van der Waals surface area (Å²) in [7, 11) is 1.99. The first-order chi connectivity index (χ1) is 5.70. The second-order valence-electron chi connectivity index (χ2n) is 3.17. The van der Waals surface area contributed by atoms with Crippen LogP contribution in [0.5, 0.6) is 0 Å². The van der Waals surface area contributed by atoms with Crippen molar-refractivity contribution in [3.8, 4) is 0 Å². The Morgan fingerprint density at radius 3 is 2.50 bits per heavy atom. The first kappa shape index (κ1) is 12.3. The molecule has 0 amide bonds. The van der Waals surface area contributed by atoms with E-state index >= 15 is 0 Å². The third-order valence-electron chi connectivity index (χ3n) is 1.98. The van der Waals surface area contributed by atoms with Crippen LogP contribution in [0.2, 0.25) is 0 Å². The minimum absolute atomic E-state index is 0.315. The van der Waals surface area contributed by atoms with E-state index in [4.69, 9.17) is 5.11 Å². The van der Waals surface area contributed by atoms with Gasteiger partial charge in [0.1, 0.15) is 0 Å². The molecule has 0 saturated heterocycles. The van der Waals surface area contributed by atoms with Crippen molar-refractivity contribution in [1.29, 1.82) is 0 Å². The Balaban J connectivity index is 3.18. The van der Waals surface area contributed by atoms with Crippen molar-refractivity contribution >= 4 is 11.8 Å². The lowest BCUT2D eigenvalue weighted by Gasteiger charge is -2.12. The Morgan fingerprint density at radius 1 is 1.33 bits per heavy atom. The largest absolute Gasteiger partial charge is 0.396 e. The molecule has 0 aromatic carbocycles. The molecule has 2 nitrogen and oxygen atoms in total. The molecule has 0 bridgehead atoms. The summed E-state index contributed by atoms with van der Waals surface area (Å²) in [5.74, 6) is 1.18. The summed E-state index contributed by atoms with van der Waals surface area (Å²) in [5, 5.41) is 12.5. The zero-order valence-corrected chi connectivity index (χ0v) is 9.16. The molecule has 0 rings (SSSR count). The van der Waals surface area contributed by atoms with Gasteiger partial charge in [0.15, 0.2) is 0 Å². The number of nitrogens with one attached hydrogen (secondary N) is 1. The molecule has 0 spiro atoms. The number of aliphatic hydroxyl groups is 1. The Labute approximate surface area is 80.1 Å². The number of aliphatic hydroxyl groups excluding tert-OH is 1. The highest BCUT2D eigenvalue weighted by Crippen LogP contribution is 2.15. The van der Waals surface area contributed by atoms with Gasteiger partial charge in [-0.1, -0.05) is 6.92 Å². The summed E-state index contributed by atoms with van der Waals surface area (Å²) in [4.78, 5) is 0. The van der Waals surface area contributed by atoms with Crippen LogP contribution in [0, 0.1) is 0 Å². The van der Waals surface area contributed by atoms with E-state index in [0.717, 1.165) is 6.42 Å². The summed E-state index contributed by atoms with van der Waals surface area (Å²) < 4.78 is 0. The monoisotopic (exact) mass is 191 g/mol. The van der Waals surface area contributed by atoms with E-state index in [1.54, 1.807) is 0 Å². The lowest BCUT2D eigenvalue weighted by atomic mass is 10.3. The summed E-state index contributed by atoms with van der Waals surface area (Å²) in [5.41, 5.74) is 0. The highest BCUT2D eigenvalue weighted by Gasteiger charge is 2.02. The lowest BCUT2D eigenvalue weighted by molar-refractivity contribution is 0.289. The quantitative estimate of drug-likeness (QED) is 0.639. The molecule has 0 heterocycles. The number of hydrogen-bond donors (Lipinski definition) is 2. The second kappa shape index (κ2) is 7.90. The maximum absolute atomic E-state index is 8.67. The van der Waals surface area contributed by atoms with Crippen LogP contribution in [0.3, 0.4) is 0 Å². The van der Waals surface area contributed by atoms with Crippen LogP contribution in [-0.4, -0.2) is 35.8 Å². The van der Waals surface area contributed by atoms with E-state index < -0.39 is 0 Å². The minimum Gasteiger partial charge on any atom is -0.396 e. The van der Waals surface area contributed by atoms with Gasteiger partial charge >= 0.3 is 0 Å². The number of hydrogen-bond acceptors (Lipinski definition) is 3. The topological polar surface area (TPSA) is 32.3 Å². The van der Waals surface area contributed by atoms with Crippen molar-refractivity contribution < 1.29 is 5.11 Å². The van der Waals surface area contributed by atoms with Gasteiger partial charge < -0.3 is 10.4 Å². The van der Waals surface area contributed by atoms with E-state index in [-0.39, 0.29) is 0 Å². The van der Waals surface area contributed by atoms with E-state index in [1.807, 2.05) is 18.8 Å². The van der Waals surface area contributed by atoms with Crippen molar-refractivity contribution in [3.63, 3.8) is 0 Å². The fourth-order valence-corrected chi connectivity index (χ4v) is 2.02. The molecule has 12 heavy (non-hydrogen) atoms. The van der Waals surface area contributed by atoms with E-state index in [1.165, 1.54) is 12.2 Å². The molecule has 2 atom stereocenters. The van der Waals surface area contributed by atoms with Crippen molar-refractivity contribution in [2.24, 2.45) is 0 Å². The predicted octanol–water partition coefficient (Wildman–Crippen LogP) is 1.49. The van der Waals surface area contributed by atoms with Gasteiger partial charge in [0, 0.05) is 17.9 Å². The Kier molecular flexibility index (Phi) is 8.07. The highest BCUT2D eigenvalue weighted by molar-refractivity contribution is 7.99. The highest BCUT2D eigenvalue weighted by atomic mass is 32.2. The summed E-state index contributed by atoms with van der Waals surface area (Å²) in [6.45, 7) is 4.68. The zero-order valence-electron chi connectivity index (χ0n) is 8.34. The third kappa shape index (κ3) is 6.95. The molecule has 74 valence electrons. The van der Waals surface area contributed by atoms with Crippen LogP contribution in [0.15, 0.2) is 0 Å². The van der Waals surface area contributed by atoms with E-state index in [9.17, 15) is 0 Å². The molecule has 0 aliphatic rings. The smallest absolute Gasteiger partial charge is 0.0441 e. The van der Waals surface area contributed by atoms with Gasteiger partial charge in [-0.3, -0.25) is 0 Å². The van der Waals surface area contributed by atoms with Gasteiger partial charge in [-0.2, -0.15) is 11.8 Å². The maximum atomic E-state index is 8.67. The fraction of sp³-hybridized carbons (Fsp3) is 1.00. The lowest BCUT2D eigenvalue weighted by Crippen LogP contribution is -2.21. The fourth-order valence-electron chi connectivity index (χ4n) is 0.855. The van der Waals surface area contributed by atoms with Crippen molar-refractivity contribution in [2.45, 2.75) is 38.0 Å².